The van der Waals surface area contributed by atoms with Gasteiger partial charge < -0.3 is 19.6 Å². The average molecular weight is 435 g/mol. The van der Waals surface area contributed by atoms with Crippen molar-refractivity contribution >= 4 is 40.1 Å². The van der Waals surface area contributed by atoms with Gasteiger partial charge in [-0.1, -0.05) is 23.7 Å². The van der Waals surface area contributed by atoms with Crippen molar-refractivity contribution in [1.82, 2.24) is 9.97 Å². The minimum absolute atomic E-state index is 0.114. The summed E-state index contributed by atoms with van der Waals surface area (Å²) >= 11 is 5.98. The van der Waals surface area contributed by atoms with Gasteiger partial charge in [-0.05, 0) is 60.2 Å². The maximum absolute atomic E-state index is 13.4. The first kappa shape index (κ1) is 20.5. The van der Waals surface area contributed by atoms with Crippen LogP contribution in [0.15, 0.2) is 60.7 Å². The average Bonchev–Trinajstić information content (AvgIpc) is 3.22. The van der Waals surface area contributed by atoms with Crippen LogP contribution in [0.1, 0.15) is 21.7 Å². The van der Waals surface area contributed by atoms with E-state index in [0.717, 1.165) is 11.0 Å². The number of nitrogens with one attached hydrogen (secondary N) is 1. The van der Waals surface area contributed by atoms with E-state index >= 15 is 0 Å². The molecular formula is C24H19ClN2O4. The fraction of sp³-hybridized carbons (Fsp3) is 0.0833. The summed E-state index contributed by atoms with van der Waals surface area (Å²) in [5, 5.41) is 10.7. The summed E-state index contributed by atoms with van der Waals surface area (Å²) in [6.45, 7) is 0. The van der Waals surface area contributed by atoms with Crippen molar-refractivity contribution in [3.8, 4) is 17.2 Å². The highest BCUT2D eigenvalue weighted by Crippen LogP contribution is 2.38. The molecule has 0 aliphatic rings. The summed E-state index contributed by atoms with van der Waals surface area (Å²) in [6, 6.07) is 17.4. The number of benzene rings is 3. The van der Waals surface area contributed by atoms with E-state index < -0.39 is 0 Å². The van der Waals surface area contributed by atoms with Crippen molar-refractivity contribution in [3.63, 3.8) is 0 Å². The Kier molecular flexibility index (Phi) is 5.64. The monoisotopic (exact) mass is 434 g/mol. The molecule has 0 atom stereocenters. The van der Waals surface area contributed by atoms with Gasteiger partial charge in [0.15, 0.2) is 17.3 Å². The van der Waals surface area contributed by atoms with Crippen LogP contribution in [0.3, 0.4) is 0 Å². The molecule has 1 heterocycles. The highest BCUT2D eigenvalue weighted by Gasteiger charge is 2.19. The smallest absolute Gasteiger partial charge is 0.200 e. The molecule has 0 fully saturated rings. The van der Waals surface area contributed by atoms with Crippen molar-refractivity contribution in [2.45, 2.75) is 0 Å². The van der Waals surface area contributed by atoms with Crippen molar-refractivity contribution in [3.05, 3.63) is 82.6 Å². The Hall–Kier alpha value is -3.77. The van der Waals surface area contributed by atoms with Crippen LogP contribution >= 0.6 is 11.6 Å². The molecule has 2 N–H and O–H groups in total. The predicted molar refractivity (Wildman–Crippen MR) is 121 cm³/mol. The van der Waals surface area contributed by atoms with Crippen molar-refractivity contribution < 1.29 is 19.4 Å². The van der Waals surface area contributed by atoms with E-state index in [9.17, 15) is 9.90 Å². The number of carbonyl (C=O) groups excluding carboxylic acids is 1. The molecule has 3 aromatic carbocycles. The normalized spacial score (nSPS) is 11.5. The van der Waals surface area contributed by atoms with Crippen LogP contribution < -0.4 is 9.47 Å². The van der Waals surface area contributed by atoms with Crippen LogP contribution in [-0.4, -0.2) is 35.1 Å². The van der Waals surface area contributed by atoms with Crippen LogP contribution in [-0.2, 0) is 0 Å². The van der Waals surface area contributed by atoms with E-state index in [0.29, 0.717) is 27.5 Å². The quantitative estimate of drug-likeness (QED) is 0.315. The van der Waals surface area contributed by atoms with Crippen molar-refractivity contribution in [2.75, 3.05) is 14.2 Å². The van der Waals surface area contributed by atoms with Gasteiger partial charge in [-0.3, -0.25) is 4.79 Å². The zero-order valence-electron chi connectivity index (χ0n) is 16.8. The number of phenolic OH excluding ortho intramolecular Hbond substituents is 1. The van der Waals surface area contributed by atoms with E-state index in [1.807, 2.05) is 24.3 Å². The summed E-state index contributed by atoms with van der Waals surface area (Å²) in [4.78, 5) is 21.2. The number of hydrogen-bond acceptors (Lipinski definition) is 5. The number of ether oxygens (including phenoxy) is 2. The summed E-state index contributed by atoms with van der Waals surface area (Å²) in [5.41, 5.74) is 2.97. The fourth-order valence-electron chi connectivity index (χ4n) is 3.24. The summed E-state index contributed by atoms with van der Waals surface area (Å²) in [5.74, 6) is 0.535. The number of phenols is 1. The number of methoxy groups -OCH3 is 2. The first-order chi connectivity index (χ1) is 15.0. The number of fused-ring (bicyclic) bond motifs is 1. The van der Waals surface area contributed by atoms with Crippen LogP contribution in [0.2, 0.25) is 5.02 Å². The molecule has 0 amide bonds. The molecule has 1 aromatic heterocycles. The number of ketones is 1. The maximum atomic E-state index is 13.4. The van der Waals surface area contributed by atoms with E-state index in [1.54, 1.807) is 42.5 Å². The number of aromatic hydroxyl groups is 1. The number of aromatic amines is 1. The van der Waals surface area contributed by atoms with Gasteiger partial charge in [-0.15, -0.1) is 0 Å². The molecule has 4 aromatic rings. The number of Topliss-reactive ketones (excluding diaryl/α,β-unsaturated/α-hetero) is 1. The molecule has 0 radical (unpaired) electrons. The Balaban J connectivity index is 1.89. The standard InChI is InChI=1S/C24H19ClN2O4/c1-30-20-12-14(13-21(31-2)23(20)29)11-17(22(28)15-7-9-16(25)10-8-15)24-26-18-5-3-4-6-19(18)27-24/h3-13,29H,1-2H3,(H,26,27). The summed E-state index contributed by atoms with van der Waals surface area (Å²) in [6.07, 6.45) is 1.68. The van der Waals surface area contributed by atoms with Gasteiger partial charge >= 0.3 is 0 Å². The number of carbonyl (C=O) groups is 1. The molecule has 6 nitrogen and oxygen atoms in total. The Bertz CT molecular complexity index is 1230. The van der Waals surface area contributed by atoms with Gasteiger partial charge in [0.1, 0.15) is 5.82 Å². The molecule has 0 aliphatic heterocycles. The molecule has 0 bridgehead atoms. The molecule has 0 unspecified atom stereocenters. The highest BCUT2D eigenvalue weighted by atomic mass is 35.5. The Morgan fingerprint density at radius 1 is 1.03 bits per heavy atom. The lowest BCUT2D eigenvalue weighted by atomic mass is 10.00. The molecule has 0 saturated heterocycles. The Morgan fingerprint density at radius 2 is 1.68 bits per heavy atom. The van der Waals surface area contributed by atoms with E-state index in [4.69, 9.17) is 21.1 Å². The molecule has 31 heavy (non-hydrogen) atoms. The second-order valence-electron chi connectivity index (χ2n) is 6.77. The number of rotatable bonds is 6. The third-order valence-electron chi connectivity index (χ3n) is 4.81. The van der Waals surface area contributed by atoms with E-state index in [2.05, 4.69) is 9.97 Å². The van der Waals surface area contributed by atoms with Gasteiger partial charge in [0.2, 0.25) is 5.75 Å². The number of H-pyrrole nitrogens is 1. The lowest BCUT2D eigenvalue weighted by molar-refractivity contribution is 0.105. The third-order valence-corrected chi connectivity index (χ3v) is 5.06. The maximum Gasteiger partial charge on any atom is 0.200 e. The topological polar surface area (TPSA) is 84.4 Å². The Labute approximate surface area is 183 Å². The second kappa shape index (κ2) is 8.53. The van der Waals surface area contributed by atoms with Crippen LogP contribution in [0, 0.1) is 0 Å². The van der Waals surface area contributed by atoms with Crippen molar-refractivity contribution in [1.29, 1.82) is 0 Å². The second-order valence-corrected chi connectivity index (χ2v) is 7.21. The number of nitrogens with zero attached hydrogens (tertiary/aromatic N) is 1. The molecule has 0 aliphatic carbocycles. The number of allylic oxidation sites excluding steroid dienone is 1. The molecule has 0 spiro atoms. The minimum atomic E-state index is -0.235. The molecule has 156 valence electrons. The van der Waals surface area contributed by atoms with Gasteiger partial charge in [0, 0.05) is 10.6 Å². The van der Waals surface area contributed by atoms with Gasteiger partial charge in [0.05, 0.1) is 30.8 Å². The number of halogens is 1. The number of aromatic nitrogens is 2. The first-order valence-electron chi connectivity index (χ1n) is 9.42. The zero-order chi connectivity index (χ0) is 22.0. The van der Waals surface area contributed by atoms with Crippen LogP contribution in [0.5, 0.6) is 17.2 Å². The van der Waals surface area contributed by atoms with Crippen LogP contribution in [0.4, 0.5) is 0 Å². The lowest BCUT2D eigenvalue weighted by Gasteiger charge is -2.11. The first-order valence-corrected chi connectivity index (χ1v) is 9.80. The summed E-state index contributed by atoms with van der Waals surface area (Å²) < 4.78 is 10.5. The lowest BCUT2D eigenvalue weighted by Crippen LogP contribution is -2.04. The van der Waals surface area contributed by atoms with E-state index in [1.165, 1.54) is 14.2 Å². The minimum Gasteiger partial charge on any atom is -0.502 e. The van der Waals surface area contributed by atoms with Gasteiger partial charge in [0.25, 0.3) is 0 Å². The molecule has 7 heteroatoms. The zero-order valence-corrected chi connectivity index (χ0v) is 17.6. The Morgan fingerprint density at radius 3 is 2.29 bits per heavy atom. The van der Waals surface area contributed by atoms with Gasteiger partial charge in [-0.2, -0.15) is 0 Å². The predicted octanol–water partition coefficient (Wildman–Crippen LogP) is 5.36. The molecule has 0 saturated carbocycles. The molecule has 4 rings (SSSR count). The van der Waals surface area contributed by atoms with Gasteiger partial charge in [-0.25, -0.2) is 4.98 Å². The summed E-state index contributed by atoms with van der Waals surface area (Å²) in [7, 11) is 2.89. The largest absolute Gasteiger partial charge is 0.502 e. The SMILES string of the molecule is COc1cc(C=C(C(=O)c2ccc(Cl)cc2)c2nc3ccccc3[nH]2)cc(OC)c1O. The van der Waals surface area contributed by atoms with E-state index in [-0.39, 0.29) is 23.0 Å². The van der Waals surface area contributed by atoms with Crippen LogP contribution in [0.25, 0.3) is 22.7 Å². The number of imidazole rings is 1. The third kappa shape index (κ3) is 4.11. The number of para-hydroxylation sites is 2. The highest BCUT2D eigenvalue weighted by molar-refractivity contribution is 6.33. The van der Waals surface area contributed by atoms with Crippen molar-refractivity contribution in [2.24, 2.45) is 0 Å². The number of hydrogen-bond donors (Lipinski definition) is 2. The fourth-order valence-corrected chi connectivity index (χ4v) is 3.37. The molecular weight excluding hydrogens is 416 g/mol.